The number of ether oxygens (including phenoxy) is 1. The molecule has 0 radical (unpaired) electrons. The van der Waals surface area contributed by atoms with Crippen LogP contribution >= 0.6 is 11.6 Å². The van der Waals surface area contributed by atoms with Crippen LogP contribution in [-0.2, 0) is 4.79 Å². The smallest absolute Gasteiger partial charge is 0.260 e. The summed E-state index contributed by atoms with van der Waals surface area (Å²) >= 11 is 5.80. The van der Waals surface area contributed by atoms with Gasteiger partial charge in [0.25, 0.3) is 5.91 Å². The molecule has 104 valence electrons. The first-order valence-corrected chi connectivity index (χ1v) is 6.93. The van der Waals surface area contributed by atoms with Crippen molar-refractivity contribution in [2.75, 3.05) is 26.2 Å². The molecule has 0 spiro atoms. The molecule has 1 unspecified atom stereocenters. The van der Waals surface area contributed by atoms with Crippen LogP contribution < -0.4 is 10.1 Å². The number of carbonyl (C=O) groups is 1. The van der Waals surface area contributed by atoms with Crippen LogP contribution in [0.5, 0.6) is 5.75 Å². The third kappa shape index (κ3) is 4.11. The Morgan fingerprint density at radius 3 is 2.89 bits per heavy atom. The second-order valence-electron chi connectivity index (χ2n) is 4.72. The summed E-state index contributed by atoms with van der Waals surface area (Å²) in [7, 11) is 0. The summed E-state index contributed by atoms with van der Waals surface area (Å²) in [6, 6.07) is 7.29. The van der Waals surface area contributed by atoms with E-state index in [9.17, 15) is 4.79 Å². The molecule has 1 saturated heterocycles. The molecule has 1 atom stereocenters. The van der Waals surface area contributed by atoms with Crippen molar-refractivity contribution in [3.8, 4) is 5.75 Å². The maximum Gasteiger partial charge on any atom is 0.260 e. The van der Waals surface area contributed by atoms with Gasteiger partial charge in [0.05, 0.1) is 0 Å². The maximum absolute atomic E-state index is 12.1. The fourth-order valence-electron chi connectivity index (χ4n) is 2.14. The predicted molar refractivity (Wildman–Crippen MR) is 75.6 cm³/mol. The quantitative estimate of drug-likeness (QED) is 0.921. The average Bonchev–Trinajstić information content (AvgIpc) is 2.62. The molecule has 1 aromatic carbocycles. The Bertz CT molecular complexity index is 422. The zero-order valence-electron chi connectivity index (χ0n) is 11.1. The molecule has 19 heavy (non-hydrogen) atoms. The number of hydrogen-bond acceptors (Lipinski definition) is 3. The Hall–Kier alpha value is -1.26. The first kappa shape index (κ1) is 14.2. The molecule has 1 aromatic rings. The Balaban J connectivity index is 1.87. The van der Waals surface area contributed by atoms with Gasteiger partial charge in [-0.1, -0.05) is 11.6 Å². The van der Waals surface area contributed by atoms with Gasteiger partial charge >= 0.3 is 0 Å². The van der Waals surface area contributed by atoms with Gasteiger partial charge in [0.2, 0.25) is 0 Å². The van der Waals surface area contributed by atoms with E-state index in [1.807, 2.05) is 4.90 Å². The molecular formula is C14H19ClN2O2. The fourth-order valence-corrected chi connectivity index (χ4v) is 2.27. The standard InChI is InChI=1S/C14H19ClN2O2/c1-11-6-7-16-8-9-17(11)14(18)10-19-13-4-2-12(15)3-5-13/h2-5,11,16H,6-10H2,1H3. The van der Waals surface area contributed by atoms with Gasteiger partial charge in [-0.15, -0.1) is 0 Å². The number of hydrogen-bond donors (Lipinski definition) is 1. The molecule has 0 aromatic heterocycles. The van der Waals surface area contributed by atoms with E-state index in [-0.39, 0.29) is 18.6 Å². The number of nitrogens with zero attached hydrogens (tertiary/aromatic N) is 1. The van der Waals surface area contributed by atoms with Gasteiger partial charge in [0.15, 0.2) is 6.61 Å². The largest absolute Gasteiger partial charge is 0.484 e. The van der Waals surface area contributed by atoms with Crippen LogP contribution in [0.1, 0.15) is 13.3 Å². The molecule has 0 saturated carbocycles. The Morgan fingerprint density at radius 1 is 1.42 bits per heavy atom. The van der Waals surface area contributed by atoms with Gasteiger partial charge in [-0.3, -0.25) is 4.79 Å². The zero-order valence-corrected chi connectivity index (χ0v) is 11.8. The van der Waals surface area contributed by atoms with Gasteiger partial charge in [-0.2, -0.15) is 0 Å². The molecule has 1 N–H and O–H groups in total. The van der Waals surface area contributed by atoms with Gasteiger partial charge in [0, 0.05) is 24.2 Å². The summed E-state index contributed by atoms with van der Waals surface area (Å²) in [5.74, 6) is 0.699. The third-order valence-corrected chi connectivity index (χ3v) is 3.55. The number of nitrogens with one attached hydrogen (secondary N) is 1. The van der Waals surface area contributed by atoms with E-state index in [2.05, 4.69) is 12.2 Å². The van der Waals surface area contributed by atoms with Gasteiger partial charge in [-0.25, -0.2) is 0 Å². The molecule has 1 heterocycles. The third-order valence-electron chi connectivity index (χ3n) is 3.30. The Labute approximate surface area is 118 Å². The van der Waals surface area contributed by atoms with Crippen LogP contribution in [0.4, 0.5) is 0 Å². The van der Waals surface area contributed by atoms with E-state index in [0.29, 0.717) is 10.8 Å². The second-order valence-corrected chi connectivity index (χ2v) is 5.15. The van der Waals surface area contributed by atoms with Crippen LogP contribution in [0, 0.1) is 0 Å². The normalized spacial score (nSPS) is 19.9. The number of carbonyl (C=O) groups excluding carboxylic acids is 1. The van der Waals surface area contributed by atoms with E-state index in [4.69, 9.17) is 16.3 Å². The molecular weight excluding hydrogens is 264 g/mol. The molecule has 0 bridgehead atoms. The average molecular weight is 283 g/mol. The summed E-state index contributed by atoms with van der Waals surface area (Å²) in [6.45, 7) is 4.70. The van der Waals surface area contributed by atoms with Crippen molar-refractivity contribution >= 4 is 17.5 Å². The van der Waals surface area contributed by atoms with E-state index >= 15 is 0 Å². The first-order valence-electron chi connectivity index (χ1n) is 6.55. The highest BCUT2D eigenvalue weighted by Crippen LogP contribution is 2.16. The zero-order chi connectivity index (χ0) is 13.7. The number of rotatable bonds is 3. The molecule has 1 amide bonds. The minimum absolute atomic E-state index is 0.0335. The van der Waals surface area contributed by atoms with Crippen molar-refractivity contribution in [2.24, 2.45) is 0 Å². The lowest BCUT2D eigenvalue weighted by atomic mass is 10.2. The van der Waals surface area contributed by atoms with E-state index in [1.165, 1.54) is 0 Å². The van der Waals surface area contributed by atoms with E-state index in [1.54, 1.807) is 24.3 Å². The lowest BCUT2D eigenvalue weighted by Gasteiger charge is -2.26. The summed E-state index contributed by atoms with van der Waals surface area (Å²) in [5, 5.41) is 3.95. The number of amides is 1. The van der Waals surface area contributed by atoms with Crippen molar-refractivity contribution in [1.82, 2.24) is 10.2 Å². The van der Waals surface area contributed by atoms with Crippen LogP contribution in [0.25, 0.3) is 0 Å². The summed E-state index contributed by atoms with van der Waals surface area (Å²) in [6.07, 6.45) is 0.979. The first-order chi connectivity index (χ1) is 9.16. The molecule has 4 nitrogen and oxygen atoms in total. The summed E-state index contributed by atoms with van der Waals surface area (Å²) in [5.41, 5.74) is 0. The lowest BCUT2D eigenvalue weighted by Crippen LogP contribution is -2.42. The highest BCUT2D eigenvalue weighted by Gasteiger charge is 2.21. The second kappa shape index (κ2) is 6.78. The topological polar surface area (TPSA) is 41.6 Å². The minimum Gasteiger partial charge on any atom is -0.484 e. The van der Waals surface area contributed by atoms with Crippen molar-refractivity contribution in [3.63, 3.8) is 0 Å². The van der Waals surface area contributed by atoms with Crippen molar-refractivity contribution in [2.45, 2.75) is 19.4 Å². The number of benzene rings is 1. The Kier molecular flexibility index (Phi) is 5.05. The highest BCUT2D eigenvalue weighted by molar-refractivity contribution is 6.30. The van der Waals surface area contributed by atoms with Crippen LogP contribution in [0.3, 0.4) is 0 Å². The van der Waals surface area contributed by atoms with Gasteiger partial charge < -0.3 is 15.0 Å². The monoisotopic (exact) mass is 282 g/mol. The van der Waals surface area contributed by atoms with Crippen LogP contribution in [-0.4, -0.2) is 43.1 Å². The maximum atomic E-state index is 12.1. The molecule has 5 heteroatoms. The molecule has 1 fully saturated rings. The van der Waals surface area contributed by atoms with Gasteiger partial charge in [0.1, 0.15) is 5.75 Å². The fraction of sp³-hybridized carbons (Fsp3) is 0.500. The minimum atomic E-state index is 0.0335. The van der Waals surface area contributed by atoms with Crippen molar-refractivity contribution < 1.29 is 9.53 Å². The Morgan fingerprint density at radius 2 is 2.16 bits per heavy atom. The van der Waals surface area contributed by atoms with Crippen molar-refractivity contribution in [3.05, 3.63) is 29.3 Å². The molecule has 0 aliphatic carbocycles. The molecule has 1 aliphatic rings. The summed E-state index contributed by atoms with van der Waals surface area (Å²) in [4.78, 5) is 14.0. The van der Waals surface area contributed by atoms with Crippen LogP contribution in [0.15, 0.2) is 24.3 Å². The summed E-state index contributed by atoms with van der Waals surface area (Å²) < 4.78 is 5.49. The van der Waals surface area contributed by atoms with E-state index < -0.39 is 0 Å². The lowest BCUT2D eigenvalue weighted by molar-refractivity contribution is -0.135. The SMILES string of the molecule is CC1CCNCCN1C(=O)COc1ccc(Cl)cc1. The van der Waals surface area contributed by atoms with Gasteiger partial charge in [-0.05, 0) is 44.2 Å². The van der Waals surface area contributed by atoms with E-state index in [0.717, 1.165) is 26.1 Å². The molecule has 2 rings (SSSR count). The van der Waals surface area contributed by atoms with Crippen molar-refractivity contribution in [1.29, 1.82) is 0 Å². The molecule has 1 aliphatic heterocycles. The van der Waals surface area contributed by atoms with Crippen LogP contribution in [0.2, 0.25) is 5.02 Å². The predicted octanol–water partition coefficient (Wildman–Crippen LogP) is 1.93. The highest BCUT2D eigenvalue weighted by atomic mass is 35.5. The number of halogens is 1.